The van der Waals surface area contributed by atoms with E-state index < -0.39 is 0 Å². The van der Waals surface area contributed by atoms with E-state index in [4.69, 9.17) is 18.9 Å². The molecule has 6 nitrogen and oxygen atoms in total. The van der Waals surface area contributed by atoms with Crippen molar-refractivity contribution in [3.63, 3.8) is 0 Å². The Labute approximate surface area is 156 Å². The fourth-order valence-electron chi connectivity index (χ4n) is 4.48. The van der Waals surface area contributed by atoms with Crippen LogP contribution in [0.4, 0.5) is 4.79 Å². The van der Waals surface area contributed by atoms with Crippen LogP contribution in [-0.4, -0.2) is 55.4 Å². The fraction of sp³-hybridized carbons (Fsp3) is 0.850. The number of carbonyl (C=O) groups excluding carboxylic acids is 1. The molecule has 148 valence electrons. The van der Waals surface area contributed by atoms with Crippen molar-refractivity contribution in [1.82, 2.24) is 5.32 Å². The Balaban J connectivity index is 1.74. The first-order valence-corrected chi connectivity index (χ1v) is 9.67. The minimum atomic E-state index is -0.388. The van der Waals surface area contributed by atoms with Gasteiger partial charge in [-0.3, -0.25) is 0 Å². The molecule has 0 radical (unpaired) electrons. The van der Waals surface area contributed by atoms with Crippen LogP contribution in [0, 0.1) is 5.92 Å². The van der Waals surface area contributed by atoms with E-state index >= 15 is 0 Å². The third kappa shape index (κ3) is 3.78. The van der Waals surface area contributed by atoms with Crippen molar-refractivity contribution < 1.29 is 23.7 Å². The quantitative estimate of drug-likeness (QED) is 0.576. The summed E-state index contributed by atoms with van der Waals surface area (Å²) in [6, 6.07) is 0.0405. The molecule has 2 saturated heterocycles. The number of nitrogens with one attached hydrogen (secondary N) is 1. The van der Waals surface area contributed by atoms with Gasteiger partial charge in [0.1, 0.15) is 23.4 Å². The summed E-state index contributed by atoms with van der Waals surface area (Å²) in [5.41, 5.74) is 0.794. The molecule has 2 heterocycles. The van der Waals surface area contributed by atoms with Gasteiger partial charge in [-0.15, -0.1) is 0 Å². The molecule has 1 aliphatic carbocycles. The first kappa shape index (κ1) is 19.6. The molecule has 6 heteroatoms. The zero-order valence-electron chi connectivity index (χ0n) is 16.8. The molecule has 0 bridgehead atoms. The lowest BCUT2D eigenvalue weighted by Crippen LogP contribution is -2.56. The van der Waals surface area contributed by atoms with E-state index in [1.165, 1.54) is 5.57 Å². The number of methoxy groups -OCH3 is 1. The van der Waals surface area contributed by atoms with Crippen LogP contribution >= 0.6 is 0 Å². The predicted octanol–water partition coefficient (Wildman–Crippen LogP) is 3.20. The van der Waals surface area contributed by atoms with E-state index in [-0.39, 0.29) is 47.6 Å². The van der Waals surface area contributed by atoms with Gasteiger partial charge in [0.05, 0.1) is 18.6 Å². The van der Waals surface area contributed by atoms with Crippen LogP contribution in [0.1, 0.15) is 53.9 Å². The number of alkyl carbamates (subject to hydrolysis) is 1. The second kappa shape index (κ2) is 7.13. The van der Waals surface area contributed by atoms with E-state index in [0.29, 0.717) is 0 Å². The summed E-state index contributed by atoms with van der Waals surface area (Å²) in [5, 5.41) is 2.79. The average Bonchev–Trinajstić information content (AvgIpc) is 3.44. The smallest absolute Gasteiger partial charge is 0.407 e. The molecular weight excluding hydrogens is 334 g/mol. The summed E-state index contributed by atoms with van der Waals surface area (Å²) in [6.07, 6.45) is 3.97. The number of allylic oxidation sites excluding steroid dienone is 1. The molecule has 3 fully saturated rings. The summed E-state index contributed by atoms with van der Waals surface area (Å²) < 4.78 is 23.6. The second-order valence-electron chi connectivity index (χ2n) is 8.62. The van der Waals surface area contributed by atoms with E-state index in [9.17, 15) is 4.79 Å². The van der Waals surface area contributed by atoms with E-state index in [1.54, 1.807) is 7.11 Å². The Hall–Kier alpha value is -1.11. The van der Waals surface area contributed by atoms with Crippen molar-refractivity contribution >= 4 is 6.09 Å². The maximum Gasteiger partial charge on any atom is 0.407 e. The van der Waals surface area contributed by atoms with Crippen LogP contribution in [-0.2, 0) is 18.9 Å². The number of hydrogen-bond donors (Lipinski definition) is 1. The molecule has 1 N–H and O–H groups in total. The Morgan fingerprint density at radius 3 is 2.62 bits per heavy atom. The zero-order chi connectivity index (χ0) is 19.1. The van der Waals surface area contributed by atoms with Crippen LogP contribution in [0.3, 0.4) is 0 Å². The fourth-order valence-corrected chi connectivity index (χ4v) is 4.48. The van der Waals surface area contributed by atoms with Gasteiger partial charge in [0, 0.05) is 13.2 Å². The van der Waals surface area contributed by atoms with Crippen LogP contribution in [0.15, 0.2) is 11.6 Å². The molecule has 6 atom stereocenters. The van der Waals surface area contributed by atoms with Crippen LogP contribution in [0.2, 0.25) is 0 Å². The van der Waals surface area contributed by atoms with Crippen molar-refractivity contribution in [1.29, 1.82) is 0 Å². The Bertz CT molecular complexity index is 567. The standard InChI is InChI=1S/C20H33NO5/c1-12(2)7-8-15-19(5,26-15)17-16(23-6)14(9-10-20(17)11-24-20)25-18(22)21-13(3)4/h7,13-17H,8-11H2,1-6H3,(H,21,22)/t14-,15-,16-,17+,19+,20+/m1/s1. The predicted molar refractivity (Wildman–Crippen MR) is 98.1 cm³/mol. The Kier molecular flexibility index (Phi) is 5.39. The summed E-state index contributed by atoms with van der Waals surface area (Å²) in [4.78, 5) is 12.1. The second-order valence-corrected chi connectivity index (χ2v) is 8.62. The number of hydrogen-bond acceptors (Lipinski definition) is 5. The molecule has 0 aromatic rings. The maximum atomic E-state index is 12.1. The van der Waals surface area contributed by atoms with Crippen molar-refractivity contribution in [2.45, 2.75) is 89.4 Å². The lowest BCUT2D eigenvalue weighted by molar-refractivity contribution is -0.118. The van der Waals surface area contributed by atoms with Crippen LogP contribution in [0.5, 0.6) is 0 Å². The third-order valence-corrected chi connectivity index (χ3v) is 5.90. The minimum Gasteiger partial charge on any atom is -0.443 e. The highest BCUT2D eigenvalue weighted by atomic mass is 16.6. The molecule has 26 heavy (non-hydrogen) atoms. The number of ether oxygens (including phenoxy) is 4. The molecule has 3 rings (SSSR count). The van der Waals surface area contributed by atoms with Crippen molar-refractivity contribution in [2.24, 2.45) is 5.92 Å². The molecule has 2 aliphatic heterocycles. The minimum absolute atomic E-state index is 0.0405. The summed E-state index contributed by atoms with van der Waals surface area (Å²) in [6.45, 7) is 10.9. The highest BCUT2D eigenvalue weighted by Gasteiger charge is 2.72. The Morgan fingerprint density at radius 1 is 1.38 bits per heavy atom. The average molecular weight is 367 g/mol. The van der Waals surface area contributed by atoms with E-state index in [1.807, 2.05) is 13.8 Å². The van der Waals surface area contributed by atoms with Gasteiger partial charge >= 0.3 is 6.09 Å². The largest absolute Gasteiger partial charge is 0.443 e. The summed E-state index contributed by atoms with van der Waals surface area (Å²) in [5.74, 6) is 0.0566. The van der Waals surface area contributed by atoms with E-state index in [2.05, 4.69) is 32.2 Å². The third-order valence-electron chi connectivity index (χ3n) is 5.90. The highest BCUT2D eigenvalue weighted by Crippen LogP contribution is 2.59. The van der Waals surface area contributed by atoms with Crippen LogP contribution < -0.4 is 5.32 Å². The van der Waals surface area contributed by atoms with Gasteiger partial charge in [-0.1, -0.05) is 11.6 Å². The number of amides is 1. The summed E-state index contributed by atoms with van der Waals surface area (Å²) >= 11 is 0. The normalized spacial score (nSPS) is 41.0. The van der Waals surface area contributed by atoms with Gasteiger partial charge < -0.3 is 24.3 Å². The lowest BCUT2D eigenvalue weighted by atomic mass is 9.68. The molecule has 1 amide bonds. The van der Waals surface area contributed by atoms with Crippen molar-refractivity contribution in [2.75, 3.05) is 13.7 Å². The zero-order valence-corrected chi connectivity index (χ0v) is 16.8. The monoisotopic (exact) mass is 367 g/mol. The first-order chi connectivity index (χ1) is 12.2. The topological polar surface area (TPSA) is 72.6 Å². The molecule has 1 spiro atoms. The molecule has 1 saturated carbocycles. The first-order valence-electron chi connectivity index (χ1n) is 9.67. The lowest BCUT2D eigenvalue weighted by Gasteiger charge is -2.42. The van der Waals surface area contributed by atoms with Gasteiger partial charge in [0.2, 0.25) is 0 Å². The van der Waals surface area contributed by atoms with E-state index in [0.717, 1.165) is 25.9 Å². The van der Waals surface area contributed by atoms with Gasteiger partial charge in [0.15, 0.2) is 0 Å². The maximum absolute atomic E-state index is 12.1. The molecule has 3 aliphatic rings. The van der Waals surface area contributed by atoms with Gasteiger partial charge in [-0.05, 0) is 53.9 Å². The van der Waals surface area contributed by atoms with Gasteiger partial charge in [-0.25, -0.2) is 4.79 Å². The molecular formula is C20H33NO5. The van der Waals surface area contributed by atoms with Gasteiger partial charge in [-0.2, -0.15) is 0 Å². The molecule has 0 aromatic carbocycles. The number of carbonyl (C=O) groups is 1. The van der Waals surface area contributed by atoms with Crippen molar-refractivity contribution in [3.8, 4) is 0 Å². The highest BCUT2D eigenvalue weighted by molar-refractivity contribution is 5.67. The molecule has 0 unspecified atom stereocenters. The number of epoxide rings is 2. The number of rotatable bonds is 6. The molecule has 0 aromatic heterocycles. The summed E-state index contributed by atoms with van der Waals surface area (Å²) in [7, 11) is 1.69. The van der Waals surface area contributed by atoms with Crippen LogP contribution in [0.25, 0.3) is 0 Å². The van der Waals surface area contributed by atoms with Gasteiger partial charge in [0.25, 0.3) is 0 Å². The Morgan fingerprint density at radius 2 is 2.08 bits per heavy atom. The SMILES string of the molecule is CO[C@H]1[C@@H]([C@@]2(C)O[C@@H]2CC=C(C)C)[C@]2(CC[C@H]1OC(=O)NC(C)C)CO2. The van der Waals surface area contributed by atoms with Crippen molar-refractivity contribution in [3.05, 3.63) is 11.6 Å².